The average Bonchev–Trinajstić information content (AvgIpc) is 2.77. The normalized spacial score (nSPS) is 12.6. The average molecular weight is 320 g/mol. The molecule has 126 valence electrons. The SMILES string of the molecule is CCC(CCO)NC(=O)Cc1c(C)nc2c(c1C)c(=O)[nH]n2C. The highest BCUT2D eigenvalue weighted by molar-refractivity contribution is 5.84. The number of rotatable bonds is 6. The maximum atomic E-state index is 12.3. The van der Waals surface area contributed by atoms with Crippen molar-refractivity contribution in [2.24, 2.45) is 7.05 Å². The number of hydrogen-bond acceptors (Lipinski definition) is 4. The van der Waals surface area contributed by atoms with Crippen molar-refractivity contribution in [2.75, 3.05) is 6.61 Å². The number of nitrogens with one attached hydrogen (secondary N) is 2. The van der Waals surface area contributed by atoms with E-state index >= 15 is 0 Å². The van der Waals surface area contributed by atoms with Crippen molar-refractivity contribution in [3.63, 3.8) is 0 Å². The molecule has 0 fully saturated rings. The van der Waals surface area contributed by atoms with Crippen molar-refractivity contribution >= 4 is 16.9 Å². The third-order valence-electron chi connectivity index (χ3n) is 4.25. The fourth-order valence-electron chi connectivity index (χ4n) is 2.88. The summed E-state index contributed by atoms with van der Waals surface area (Å²) < 4.78 is 1.59. The molecule has 0 spiro atoms. The highest BCUT2D eigenvalue weighted by Gasteiger charge is 2.18. The van der Waals surface area contributed by atoms with E-state index in [1.807, 2.05) is 20.8 Å². The van der Waals surface area contributed by atoms with Crippen molar-refractivity contribution in [3.8, 4) is 0 Å². The molecule has 3 N–H and O–H groups in total. The monoisotopic (exact) mass is 320 g/mol. The molecule has 2 heterocycles. The Morgan fingerprint density at radius 2 is 2.13 bits per heavy atom. The van der Waals surface area contributed by atoms with Crippen LogP contribution in [-0.2, 0) is 18.3 Å². The Labute approximate surface area is 134 Å². The molecular weight excluding hydrogens is 296 g/mol. The molecule has 0 aliphatic carbocycles. The lowest BCUT2D eigenvalue weighted by Gasteiger charge is -2.17. The molecule has 1 amide bonds. The number of hydrogen-bond donors (Lipinski definition) is 3. The van der Waals surface area contributed by atoms with Crippen molar-refractivity contribution in [1.82, 2.24) is 20.1 Å². The van der Waals surface area contributed by atoms with Crippen molar-refractivity contribution < 1.29 is 9.90 Å². The number of aliphatic hydroxyl groups is 1. The zero-order chi connectivity index (χ0) is 17.1. The van der Waals surface area contributed by atoms with E-state index in [0.29, 0.717) is 17.5 Å². The zero-order valence-corrected chi connectivity index (χ0v) is 14.1. The summed E-state index contributed by atoms with van der Waals surface area (Å²) >= 11 is 0. The maximum absolute atomic E-state index is 12.3. The number of carbonyl (C=O) groups is 1. The van der Waals surface area contributed by atoms with Gasteiger partial charge in [-0.1, -0.05) is 6.92 Å². The summed E-state index contributed by atoms with van der Waals surface area (Å²) in [5, 5.41) is 15.2. The van der Waals surface area contributed by atoms with Gasteiger partial charge in [0.15, 0.2) is 5.65 Å². The van der Waals surface area contributed by atoms with E-state index < -0.39 is 0 Å². The van der Waals surface area contributed by atoms with Gasteiger partial charge in [0.2, 0.25) is 5.91 Å². The lowest BCUT2D eigenvalue weighted by molar-refractivity contribution is -0.121. The van der Waals surface area contributed by atoms with Crippen LogP contribution in [0.4, 0.5) is 0 Å². The van der Waals surface area contributed by atoms with Gasteiger partial charge in [0, 0.05) is 25.4 Å². The summed E-state index contributed by atoms with van der Waals surface area (Å²) in [4.78, 5) is 28.8. The van der Waals surface area contributed by atoms with Crippen LogP contribution in [0.1, 0.15) is 36.6 Å². The van der Waals surface area contributed by atoms with Gasteiger partial charge in [-0.25, -0.2) is 4.98 Å². The second-order valence-electron chi connectivity index (χ2n) is 5.86. The molecule has 23 heavy (non-hydrogen) atoms. The number of fused-ring (bicyclic) bond motifs is 1. The largest absolute Gasteiger partial charge is 0.396 e. The summed E-state index contributed by atoms with van der Waals surface area (Å²) in [6.07, 6.45) is 1.48. The standard InChI is InChI=1S/C16H24N4O3/c1-5-11(6-7-21)18-13(22)8-12-9(2)14-15(17-10(12)3)20(4)19-16(14)23/h11,21H,5-8H2,1-4H3,(H,18,22)(H,19,23). The van der Waals surface area contributed by atoms with Gasteiger partial charge in [-0.15, -0.1) is 0 Å². The predicted molar refractivity (Wildman–Crippen MR) is 88.4 cm³/mol. The van der Waals surface area contributed by atoms with E-state index in [4.69, 9.17) is 5.11 Å². The van der Waals surface area contributed by atoms with Gasteiger partial charge in [-0.2, -0.15) is 0 Å². The van der Waals surface area contributed by atoms with Crippen LogP contribution in [0.5, 0.6) is 0 Å². The van der Waals surface area contributed by atoms with Gasteiger partial charge in [-0.05, 0) is 37.8 Å². The first kappa shape index (κ1) is 17.2. The number of aliphatic hydroxyl groups excluding tert-OH is 1. The fraction of sp³-hybridized carbons (Fsp3) is 0.562. The lowest BCUT2D eigenvalue weighted by atomic mass is 10.0. The Bertz CT molecular complexity index is 776. The van der Waals surface area contributed by atoms with Gasteiger partial charge in [0.1, 0.15) is 0 Å². The van der Waals surface area contributed by atoms with Crippen molar-refractivity contribution in [2.45, 2.75) is 46.1 Å². The first-order valence-electron chi connectivity index (χ1n) is 7.84. The Morgan fingerprint density at radius 3 is 2.74 bits per heavy atom. The van der Waals surface area contributed by atoms with Crippen LogP contribution in [-0.4, -0.2) is 38.4 Å². The van der Waals surface area contributed by atoms with Crippen molar-refractivity contribution in [1.29, 1.82) is 0 Å². The smallest absolute Gasteiger partial charge is 0.273 e. The van der Waals surface area contributed by atoms with Gasteiger partial charge in [0.25, 0.3) is 5.56 Å². The molecule has 0 saturated carbocycles. The Hall–Kier alpha value is -2.15. The van der Waals surface area contributed by atoms with E-state index in [1.54, 1.807) is 11.7 Å². The number of aryl methyl sites for hydroxylation is 3. The Balaban J connectivity index is 2.31. The van der Waals surface area contributed by atoms with Crippen LogP contribution in [0.2, 0.25) is 0 Å². The van der Waals surface area contributed by atoms with Gasteiger partial charge in [-0.3, -0.25) is 19.4 Å². The molecule has 0 radical (unpaired) electrons. The van der Waals surface area contributed by atoms with E-state index in [0.717, 1.165) is 23.2 Å². The molecule has 0 aliphatic rings. The van der Waals surface area contributed by atoms with Gasteiger partial charge >= 0.3 is 0 Å². The number of aromatic amines is 1. The molecule has 0 aliphatic heterocycles. The van der Waals surface area contributed by atoms with Crippen LogP contribution in [0, 0.1) is 13.8 Å². The minimum absolute atomic E-state index is 0.0371. The summed E-state index contributed by atoms with van der Waals surface area (Å²) in [6.45, 7) is 5.70. The molecule has 2 aromatic heterocycles. The molecule has 0 saturated heterocycles. The number of pyridine rings is 1. The molecule has 0 aromatic carbocycles. The first-order chi connectivity index (χ1) is 10.9. The highest BCUT2D eigenvalue weighted by atomic mass is 16.3. The topological polar surface area (TPSA) is 100 Å². The van der Waals surface area contributed by atoms with E-state index in [1.165, 1.54) is 0 Å². The molecule has 1 atom stereocenters. The number of aromatic nitrogens is 3. The molecular formula is C16H24N4O3. The molecule has 2 aromatic rings. The highest BCUT2D eigenvalue weighted by Crippen LogP contribution is 2.20. The number of carbonyl (C=O) groups excluding carboxylic acids is 1. The number of nitrogens with zero attached hydrogens (tertiary/aromatic N) is 2. The quantitative estimate of drug-likeness (QED) is 0.729. The molecule has 7 heteroatoms. The zero-order valence-electron chi connectivity index (χ0n) is 14.1. The summed E-state index contributed by atoms with van der Waals surface area (Å²) in [7, 11) is 1.74. The van der Waals surface area contributed by atoms with Gasteiger partial charge in [0.05, 0.1) is 11.8 Å². The number of H-pyrrole nitrogens is 1. The number of amides is 1. The molecule has 7 nitrogen and oxygen atoms in total. The van der Waals surface area contributed by atoms with Crippen LogP contribution in [0.25, 0.3) is 11.0 Å². The van der Waals surface area contributed by atoms with E-state index in [9.17, 15) is 9.59 Å². The molecule has 2 rings (SSSR count). The molecule has 0 bridgehead atoms. The minimum atomic E-state index is -0.194. The summed E-state index contributed by atoms with van der Waals surface area (Å²) in [5.41, 5.74) is 2.72. The maximum Gasteiger partial charge on any atom is 0.273 e. The predicted octanol–water partition coefficient (Wildman–Crippen LogP) is 0.698. The van der Waals surface area contributed by atoms with Gasteiger partial charge < -0.3 is 10.4 Å². The van der Waals surface area contributed by atoms with Crippen LogP contribution in [0.15, 0.2) is 4.79 Å². The van der Waals surface area contributed by atoms with E-state index in [-0.39, 0.29) is 30.5 Å². The molecule has 1 unspecified atom stereocenters. The van der Waals surface area contributed by atoms with E-state index in [2.05, 4.69) is 15.4 Å². The second kappa shape index (κ2) is 6.95. The third-order valence-corrected chi connectivity index (χ3v) is 4.25. The second-order valence-corrected chi connectivity index (χ2v) is 5.86. The minimum Gasteiger partial charge on any atom is -0.396 e. The van der Waals surface area contributed by atoms with Crippen LogP contribution in [0.3, 0.4) is 0 Å². The van der Waals surface area contributed by atoms with Crippen LogP contribution < -0.4 is 10.9 Å². The Kier molecular flexibility index (Phi) is 5.20. The first-order valence-corrected chi connectivity index (χ1v) is 7.84. The fourth-order valence-corrected chi connectivity index (χ4v) is 2.88. The lowest BCUT2D eigenvalue weighted by Crippen LogP contribution is -2.36. The Morgan fingerprint density at radius 1 is 1.43 bits per heavy atom. The van der Waals surface area contributed by atoms with Crippen molar-refractivity contribution in [3.05, 3.63) is 27.2 Å². The van der Waals surface area contributed by atoms with Crippen LogP contribution >= 0.6 is 0 Å². The summed E-state index contributed by atoms with van der Waals surface area (Å²) in [5.74, 6) is -0.120. The summed E-state index contributed by atoms with van der Waals surface area (Å²) in [6, 6.07) is -0.0371. The third kappa shape index (κ3) is 3.44.